The summed E-state index contributed by atoms with van der Waals surface area (Å²) in [4.78, 5) is 28.9. The Balaban J connectivity index is 2.18. The number of hydrogen-bond donors (Lipinski definition) is 2. The number of carboxylic acid groups (broad SMARTS) is 1. The zero-order valence-corrected chi connectivity index (χ0v) is 20.5. The van der Waals surface area contributed by atoms with Gasteiger partial charge in [-0.15, -0.1) is 0 Å². The number of benzene rings is 2. The lowest BCUT2D eigenvalue weighted by molar-refractivity contribution is 0.00705. The van der Waals surface area contributed by atoms with Crippen LogP contribution in [0.4, 0.5) is 5.69 Å². The van der Waals surface area contributed by atoms with Crippen LogP contribution < -0.4 is 10.1 Å². The molecule has 0 aliphatic heterocycles. The molecule has 0 saturated carbocycles. The molecule has 184 valence electrons. The van der Waals surface area contributed by atoms with Gasteiger partial charge < -0.3 is 19.9 Å². The molecule has 0 fully saturated rings. The summed E-state index contributed by atoms with van der Waals surface area (Å²) in [7, 11) is -2.69. The van der Waals surface area contributed by atoms with Crippen LogP contribution in [-0.2, 0) is 14.6 Å². The molecule has 2 aromatic carbocycles. The van der Waals surface area contributed by atoms with Crippen LogP contribution in [0.3, 0.4) is 0 Å². The molecule has 0 bridgehead atoms. The van der Waals surface area contributed by atoms with Gasteiger partial charge in [0.25, 0.3) is 0 Å². The highest BCUT2D eigenvalue weighted by molar-refractivity contribution is 7.91. The summed E-state index contributed by atoms with van der Waals surface area (Å²) in [5.74, 6) is -1.67. The van der Waals surface area contributed by atoms with Gasteiger partial charge >= 0.3 is 11.9 Å². The maximum atomic E-state index is 13.7. The molecule has 0 aliphatic rings. The summed E-state index contributed by atoms with van der Waals surface area (Å²) in [6.07, 6.45) is 2.84. The van der Waals surface area contributed by atoms with Crippen molar-refractivity contribution in [2.24, 2.45) is 0 Å². The summed E-state index contributed by atoms with van der Waals surface area (Å²) >= 11 is 0. The Morgan fingerprint density at radius 3 is 2.20 bits per heavy atom. The number of carboxylic acids is 1. The number of sulfone groups is 1. The molecular formula is C25H26N2O7S. The fraction of sp³-hybridized carbons (Fsp3) is 0.240. The second-order valence-corrected chi connectivity index (χ2v) is 10.6. The Morgan fingerprint density at radius 1 is 1.00 bits per heavy atom. The summed E-state index contributed by atoms with van der Waals surface area (Å²) in [5.41, 5.74) is -1.18. The molecule has 1 unspecified atom stereocenters. The number of nitrogens with zero attached hydrogens (tertiary/aromatic N) is 1. The van der Waals surface area contributed by atoms with E-state index in [0.29, 0.717) is 5.75 Å². The maximum absolute atomic E-state index is 13.7. The summed E-state index contributed by atoms with van der Waals surface area (Å²) < 4.78 is 38.0. The lowest BCUT2D eigenvalue weighted by Crippen LogP contribution is -2.27. The van der Waals surface area contributed by atoms with Crippen LogP contribution in [0.15, 0.2) is 71.9 Å². The number of anilines is 1. The first-order valence-corrected chi connectivity index (χ1v) is 12.1. The Kier molecular flexibility index (Phi) is 7.45. The van der Waals surface area contributed by atoms with E-state index in [0.717, 1.165) is 0 Å². The molecule has 9 nitrogen and oxygen atoms in total. The molecule has 0 amide bonds. The summed E-state index contributed by atoms with van der Waals surface area (Å²) in [6.45, 7) is 5.02. The number of methoxy groups -OCH3 is 1. The Hall–Kier alpha value is -3.92. The molecular weight excluding hydrogens is 472 g/mol. The SMILES string of the molecule is COc1ccc(S(=O)(=O)C(Nc2c(C(=O)O)cccc2C(=O)OC(C)(C)C)c2cccnc2)cc1. The average molecular weight is 499 g/mol. The van der Waals surface area contributed by atoms with E-state index in [-0.39, 0.29) is 27.3 Å². The van der Waals surface area contributed by atoms with Crippen LogP contribution >= 0.6 is 0 Å². The first-order valence-electron chi connectivity index (χ1n) is 10.6. The highest BCUT2D eigenvalue weighted by Gasteiger charge is 2.33. The molecule has 0 radical (unpaired) electrons. The van der Waals surface area contributed by atoms with E-state index in [1.807, 2.05) is 0 Å². The third-order valence-electron chi connectivity index (χ3n) is 4.87. The van der Waals surface area contributed by atoms with E-state index in [9.17, 15) is 23.1 Å². The van der Waals surface area contributed by atoms with Crippen LogP contribution in [0.1, 0.15) is 52.4 Å². The van der Waals surface area contributed by atoms with Gasteiger partial charge in [0.05, 0.1) is 28.8 Å². The smallest absolute Gasteiger partial charge is 0.340 e. The Labute approximate surface area is 203 Å². The third-order valence-corrected chi connectivity index (χ3v) is 6.81. The molecule has 3 rings (SSSR count). The lowest BCUT2D eigenvalue weighted by atomic mass is 10.1. The fourth-order valence-electron chi connectivity index (χ4n) is 3.29. The van der Waals surface area contributed by atoms with Crippen LogP contribution in [0, 0.1) is 0 Å². The number of pyridine rings is 1. The predicted octanol–water partition coefficient (Wildman–Crippen LogP) is 4.33. The van der Waals surface area contributed by atoms with E-state index in [4.69, 9.17) is 9.47 Å². The molecule has 1 atom stereocenters. The predicted molar refractivity (Wildman–Crippen MR) is 129 cm³/mol. The van der Waals surface area contributed by atoms with Crippen molar-refractivity contribution in [3.05, 3.63) is 83.7 Å². The van der Waals surface area contributed by atoms with Crippen molar-refractivity contribution in [2.75, 3.05) is 12.4 Å². The highest BCUT2D eigenvalue weighted by Crippen LogP contribution is 2.34. The molecule has 1 aromatic heterocycles. The summed E-state index contributed by atoms with van der Waals surface area (Å²) in [6, 6.07) is 12.9. The molecule has 0 saturated heterocycles. The first kappa shape index (κ1) is 25.7. The topological polar surface area (TPSA) is 132 Å². The number of carbonyl (C=O) groups excluding carboxylic acids is 1. The Bertz CT molecular complexity index is 1320. The second kappa shape index (κ2) is 10.1. The summed E-state index contributed by atoms with van der Waals surface area (Å²) in [5, 5.41) is 11.1. The molecule has 35 heavy (non-hydrogen) atoms. The number of nitrogens with one attached hydrogen (secondary N) is 1. The quantitative estimate of drug-likeness (QED) is 0.436. The highest BCUT2D eigenvalue weighted by atomic mass is 32.2. The van der Waals surface area contributed by atoms with Crippen molar-refractivity contribution in [3.8, 4) is 5.75 Å². The molecule has 2 N–H and O–H groups in total. The normalized spacial score (nSPS) is 12.5. The van der Waals surface area contributed by atoms with E-state index in [1.54, 1.807) is 32.9 Å². The van der Waals surface area contributed by atoms with Crippen LogP contribution in [0.25, 0.3) is 0 Å². The van der Waals surface area contributed by atoms with Crippen molar-refractivity contribution in [2.45, 2.75) is 36.6 Å². The van der Waals surface area contributed by atoms with Crippen molar-refractivity contribution in [1.82, 2.24) is 4.98 Å². The molecule has 0 spiro atoms. The second-order valence-electron chi connectivity index (χ2n) is 8.57. The largest absolute Gasteiger partial charge is 0.497 e. The molecule has 10 heteroatoms. The van der Waals surface area contributed by atoms with Crippen LogP contribution in [0.5, 0.6) is 5.75 Å². The van der Waals surface area contributed by atoms with Crippen LogP contribution in [0.2, 0.25) is 0 Å². The van der Waals surface area contributed by atoms with Gasteiger partial charge in [-0.2, -0.15) is 0 Å². The number of rotatable bonds is 8. The third kappa shape index (κ3) is 5.96. The van der Waals surface area contributed by atoms with Gasteiger partial charge in [0, 0.05) is 18.0 Å². The molecule has 3 aromatic rings. The number of aromatic carboxylic acids is 1. The lowest BCUT2D eigenvalue weighted by Gasteiger charge is -2.25. The van der Waals surface area contributed by atoms with E-state index >= 15 is 0 Å². The minimum absolute atomic E-state index is 0.0359. The maximum Gasteiger partial charge on any atom is 0.340 e. The van der Waals surface area contributed by atoms with Crippen molar-refractivity contribution in [1.29, 1.82) is 0 Å². The number of ether oxygens (including phenoxy) is 2. The minimum Gasteiger partial charge on any atom is -0.497 e. The zero-order chi connectivity index (χ0) is 25.8. The number of hydrogen-bond acceptors (Lipinski definition) is 8. The van der Waals surface area contributed by atoms with Gasteiger partial charge in [-0.3, -0.25) is 4.98 Å². The Morgan fingerprint density at radius 2 is 1.66 bits per heavy atom. The van der Waals surface area contributed by atoms with Gasteiger partial charge in [0.15, 0.2) is 5.37 Å². The molecule has 0 aliphatic carbocycles. The number of aromatic nitrogens is 1. The minimum atomic E-state index is -4.15. The number of para-hydroxylation sites is 1. The number of esters is 1. The van der Waals surface area contributed by atoms with E-state index < -0.39 is 32.8 Å². The monoisotopic (exact) mass is 498 g/mol. The van der Waals surface area contributed by atoms with E-state index in [2.05, 4.69) is 10.3 Å². The van der Waals surface area contributed by atoms with Crippen molar-refractivity contribution in [3.63, 3.8) is 0 Å². The van der Waals surface area contributed by atoms with Gasteiger partial charge in [-0.1, -0.05) is 12.1 Å². The van der Waals surface area contributed by atoms with Gasteiger partial charge in [-0.05, 0) is 63.2 Å². The van der Waals surface area contributed by atoms with Gasteiger partial charge in [-0.25, -0.2) is 18.0 Å². The standard InChI is InChI=1S/C25H26N2O7S/c1-25(2,3)34-24(30)20-9-5-8-19(23(28)29)21(20)27-22(16-7-6-14-26-15-16)35(31,32)18-12-10-17(33-4)11-13-18/h5-15,22,27H,1-4H3,(H,28,29). The van der Waals surface area contributed by atoms with Crippen molar-refractivity contribution < 1.29 is 32.6 Å². The number of carbonyl (C=O) groups is 2. The average Bonchev–Trinajstić information content (AvgIpc) is 2.81. The van der Waals surface area contributed by atoms with Crippen LogP contribution in [-0.4, -0.2) is 43.2 Å². The first-order chi connectivity index (χ1) is 16.4. The fourth-order valence-corrected chi connectivity index (χ4v) is 4.85. The van der Waals surface area contributed by atoms with E-state index in [1.165, 1.54) is 62.0 Å². The zero-order valence-electron chi connectivity index (χ0n) is 19.7. The van der Waals surface area contributed by atoms with Gasteiger partial charge in [0.1, 0.15) is 11.4 Å². The van der Waals surface area contributed by atoms with Crippen molar-refractivity contribution >= 4 is 27.5 Å². The molecule has 1 heterocycles. The van der Waals surface area contributed by atoms with Gasteiger partial charge in [0.2, 0.25) is 9.84 Å².